The first-order valence-electron chi connectivity index (χ1n) is 7.78. The summed E-state index contributed by atoms with van der Waals surface area (Å²) in [6, 6.07) is 8.85. The Kier molecular flexibility index (Phi) is 5.27. The molecule has 6 nitrogen and oxygen atoms in total. The fraction of sp³-hybridized carbons (Fsp3) is 0.375. The Labute approximate surface area is 145 Å². The fourth-order valence-electron chi connectivity index (χ4n) is 2.74. The molecular weight excluding hydrogens is 346 g/mol. The van der Waals surface area contributed by atoms with Gasteiger partial charge in [-0.25, -0.2) is 8.42 Å². The molecule has 24 heavy (non-hydrogen) atoms. The van der Waals surface area contributed by atoms with E-state index in [0.29, 0.717) is 30.1 Å². The number of aromatic nitrogens is 1. The number of thiophene rings is 1. The first-order chi connectivity index (χ1) is 11.6. The van der Waals surface area contributed by atoms with Crippen molar-refractivity contribution in [2.45, 2.75) is 23.6 Å². The van der Waals surface area contributed by atoms with Gasteiger partial charge in [0.25, 0.3) is 10.0 Å². The smallest absolute Gasteiger partial charge is 0.252 e. The van der Waals surface area contributed by atoms with E-state index in [2.05, 4.69) is 10.3 Å². The van der Waals surface area contributed by atoms with Crippen LogP contribution in [0.4, 0.5) is 0 Å². The summed E-state index contributed by atoms with van der Waals surface area (Å²) in [5.74, 6) is -0.441. The maximum Gasteiger partial charge on any atom is 0.252 e. The molecule has 0 aromatic carbocycles. The number of nitrogens with one attached hydrogen (secondary N) is 1. The van der Waals surface area contributed by atoms with Crippen molar-refractivity contribution in [3.8, 4) is 0 Å². The number of pyridine rings is 1. The molecule has 0 unspecified atom stereocenters. The maximum atomic E-state index is 12.6. The average molecular weight is 365 g/mol. The van der Waals surface area contributed by atoms with Gasteiger partial charge in [-0.15, -0.1) is 11.3 Å². The number of carbonyl (C=O) groups excluding carboxylic acids is 1. The van der Waals surface area contributed by atoms with Crippen molar-refractivity contribution in [2.24, 2.45) is 5.92 Å². The first-order valence-corrected chi connectivity index (χ1v) is 10.1. The minimum atomic E-state index is -3.49. The highest BCUT2D eigenvalue weighted by molar-refractivity contribution is 7.91. The molecule has 2 aromatic heterocycles. The third-order valence-electron chi connectivity index (χ3n) is 4.01. The number of piperidine rings is 1. The molecule has 0 bridgehead atoms. The predicted molar refractivity (Wildman–Crippen MR) is 91.9 cm³/mol. The van der Waals surface area contributed by atoms with Crippen LogP contribution in [0.2, 0.25) is 0 Å². The largest absolute Gasteiger partial charge is 0.350 e. The molecule has 1 aliphatic rings. The third kappa shape index (κ3) is 3.82. The molecule has 3 rings (SSSR count). The van der Waals surface area contributed by atoms with Crippen LogP contribution in [0.3, 0.4) is 0 Å². The van der Waals surface area contributed by atoms with Gasteiger partial charge in [-0.05, 0) is 36.4 Å². The lowest BCUT2D eigenvalue weighted by molar-refractivity contribution is -0.126. The van der Waals surface area contributed by atoms with E-state index in [1.807, 2.05) is 18.2 Å². The lowest BCUT2D eigenvalue weighted by Crippen LogP contribution is -2.45. The van der Waals surface area contributed by atoms with Gasteiger partial charge in [0.1, 0.15) is 4.21 Å². The van der Waals surface area contributed by atoms with Gasteiger partial charge in [-0.2, -0.15) is 4.31 Å². The van der Waals surface area contributed by atoms with Gasteiger partial charge < -0.3 is 5.32 Å². The molecule has 0 radical (unpaired) electrons. The zero-order valence-electron chi connectivity index (χ0n) is 13.1. The van der Waals surface area contributed by atoms with E-state index < -0.39 is 10.0 Å². The molecule has 1 N–H and O–H groups in total. The Hall–Kier alpha value is -1.77. The highest BCUT2D eigenvalue weighted by atomic mass is 32.2. The lowest BCUT2D eigenvalue weighted by atomic mass is 9.99. The Morgan fingerprint density at radius 1 is 1.33 bits per heavy atom. The van der Waals surface area contributed by atoms with Crippen molar-refractivity contribution >= 4 is 27.3 Å². The van der Waals surface area contributed by atoms with Crippen LogP contribution in [0.1, 0.15) is 18.5 Å². The Bertz CT molecular complexity index is 776. The van der Waals surface area contributed by atoms with Gasteiger partial charge in [0.15, 0.2) is 0 Å². The van der Waals surface area contributed by atoms with E-state index in [-0.39, 0.29) is 18.4 Å². The van der Waals surface area contributed by atoms with Crippen LogP contribution in [0, 0.1) is 5.92 Å². The SMILES string of the molecule is O=C(NCc1ccccn1)[C@@H]1CCCN(S(=O)(=O)c2cccs2)C1. The average Bonchev–Trinajstić information content (AvgIpc) is 3.16. The number of rotatable bonds is 5. The van der Waals surface area contributed by atoms with Gasteiger partial charge >= 0.3 is 0 Å². The minimum absolute atomic E-state index is 0.119. The summed E-state index contributed by atoms with van der Waals surface area (Å²) in [4.78, 5) is 16.5. The number of carbonyl (C=O) groups is 1. The lowest BCUT2D eigenvalue weighted by Gasteiger charge is -2.30. The zero-order valence-corrected chi connectivity index (χ0v) is 14.7. The number of nitrogens with zero attached hydrogens (tertiary/aromatic N) is 2. The van der Waals surface area contributed by atoms with Crippen molar-refractivity contribution in [1.29, 1.82) is 0 Å². The highest BCUT2D eigenvalue weighted by Gasteiger charge is 2.33. The fourth-order valence-corrected chi connectivity index (χ4v) is 5.41. The van der Waals surface area contributed by atoms with Gasteiger partial charge in [-0.1, -0.05) is 12.1 Å². The molecule has 0 saturated carbocycles. The van der Waals surface area contributed by atoms with Crippen LogP contribution < -0.4 is 5.32 Å². The molecule has 1 fully saturated rings. The van der Waals surface area contributed by atoms with Crippen molar-refractivity contribution < 1.29 is 13.2 Å². The maximum absolute atomic E-state index is 12.6. The number of hydrogen-bond acceptors (Lipinski definition) is 5. The Morgan fingerprint density at radius 3 is 2.92 bits per heavy atom. The molecule has 0 spiro atoms. The topological polar surface area (TPSA) is 79.4 Å². The summed E-state index contributed by atoms with van der Waals surface area (Å²) in [7, 11) is -3.49. The van der Waals surface area contributed by atoms with Crippen LogP contribution in [0.25, 0.3) is 0 Å². The van der Waals surface area contributed by atoms with Crippen molar-refractivity contribution in [2.75, 3.05) is 13.1 Å². The summed E-state index contributed by atoms with van der Waals surface area (Å²) in [5.41, 5.74) is 0.782. The normalized spacial score (nSPS) is 19.1. The number of sulfonamides is 1. The molecule has 3 heterocycles. The predicted octanol–water partition coefficient (Wildman–Crippen LogP) is 1.86. The Morgan fingerprint density at radius 2 is 2.21 bits per heavy atom. The molecule has 2 aromatic rings. The molecular formula is C16H19N3O3S2. The second kappa shape index (κ2) is 7.42. The molecule has 0 aliphatic carbocycles. The van der Waals surface area contributed by atoms with Gasteiger partial charge in [0.2, 0.25) is 5.91 Å². The number of amides is 1. The number of hydrogen-bond donors (Lipinski definition) is 1. The standard InChI is InChI=1S/C16H19N3O3S2/c20-16(18-11-14-6-1-2-8-17-14)13-5-3-9-19(12-13)24(21,22)15-7-4-10-23-15/h1-2,4,6-8,10,13H,3,5,9,11-12H2,(H,18,20)/t13-/m1/s1. The monoisotopic (exact) mass is 365 g/mol. The summed E-state index contributed by atoms with van der Waals surface area (Å²) in [6.07, 6.45) is 3.06. The van der Waals surface area contributed by atoms with E-state index >= 15 is 0 Å². The highest BCUT2D eigenvalue weighted by Crippen LogP contribution is 2.26. The second-order valence-corrected chi connectivity index (χ2v) is 8.79. The third-order valence-corrected chi connectivity index (χ3v) is 7.25. The summed E-state index contributed by atoms with van der Waals surface area (Å²) in [6.45, 7) is 1.05. The van der Waals surface area contributed by atoms with E-state index in [0.717, 1.165) is 5.69 Å². The minimum Gasteiger partial charge on any atom is -0.350 e. The second-order valence-electron chi connectivity index (χ2n) is 5.67. The van der Waals surface area contributed by atoms with Crippen LogP contribution >= 0.6 is 11.3 Å². The van der Waals surface area contributed by atoms with E-state index in [9.17, 15) is 13.2 Å². The van der Waals surface area contributed by atoms with Gasteiger partial charge in [0, 0.05) is 19.3 Å². The molecule has 1 saturated heterocycles. The quantitative estimate of drug-likeness (QED) is 0.877. The molecule has 1 aliphatic heterocycles. The van der Waals surface area contributed by atoms with Crippen molar-refractivity contribution in [1.82, 2.24) is 14.6 Å². The molecule has 8 heteroatoms. The van der Waals surface area contributed by atoms with Gasteiger partial charge in [-0.3, -0.25) is 9.78 Å². The van der Waals surface area contributed by atoms with Crippen molar-refractivity contribution in [3.63, 3.8) is 0 Å². The molecule has 1 amide bonds. The van der Waals surface area contributed by atoms with E-state index in [4.69, 9.17) is 0 Å². The Balaban J connectivity index is 1.62. The zero-order chi connectivity index (χ0) is 17.0. The van der Waals surface area contributed by atoms with E-state index in [1.165, 1.54) is 15.6 Å². The van der Waals surface area contributed by atoms with Crippen LogP contribution in [0.5, 0.6) is 0 Å². The van der Waals surface area contributed by atoms with Crippen LogP contribution in [-0.4, -0.2) is 36.7 Å². The first kappa shape index (κ1) is 17.1. The van der Waals surface area contributed by atoms with Crippen molar-refractivity contribution in [3.05, 3.63) is 47.6 Å². The molecule has 128 valence electrons. The van der Waals surface area contributed by atoms with Crippen LogP contribution in [0.15, 0.2) is 46.1 Å². The van der Waals surface area contributed by atoms with Crippen LogP contribution in [-0.2, 0) is 21.4 Å². The van der Waals surface area contributed by atoms with E-state index in [1.54, 1.807) is 23.7 Å². The molecule has 1 atom stereocenters. The summed E-state index contributed by atoms with van der Waals surface area (Å²) < 4.78 is 26.9. The van der Waals surface area contributed by atoms with Gasteiger partial charge in [0.05, 0.1) is 18.2 Å². The summed E-state index contributed by atoms with van der Waals surface area (Å²) in [5, 5.41) is 4.60. The summed E-state index contributed by atoms with van der Waals surface area (Å²) >= 11 is 1.20.